The van der Waals surface area contributed by atoms with Crippen LogP contribution in [-0.4, -0.2) is 32.6 Å². The summed E-state index contributed by atoms with van der Waals surface area (Å²) in [6.45, 7) is 22.4. The van der Waals surface area contributed by atoms with E-state index in [0.717, 1.165) is 33.4 Å². The van der Waals surface area contributed by atoms with Gasteiger partial charge in [0.25, 0.3) is 0 Å². The maximum atomic E-state index is 12.1. The minimum atomic E-state index is -0.782. The minimum absolute atomic E-state index is 0.0869. The van der Waals surface area contributed by atoms with Crippen LogP contribution in [0.2, 0.25) is 0 Å². The van der Waals surface area contributed by atoms with E-state index in [2.05, 4.69) is 65.4 Å². The van der Waals surface area contributed by atoms with Crippen LogP contribution in [0.1, 0.15) is 133 Å². The molecule has 2 aromatic heterocycles. The number of esters is 1. The molecular formula is C30H46N2O4. The van der Waals surface area contributed by atoms with Crippen LogP contribution in [-0.2, 0) is 27.2 Å². The summed E-state index contributed by atoms with van der Waals surface area (Å²) in [7, 11) is 0. The predicted octanol–water partition coefficient (Wildman–Crippen LogP) is 7.17. The molecule has 2 aromatic rings. The highest BCUT2D eigenvalue weighted by Crippen LogP contribution is 2.28. The maximum Gasteiger partial charge on any atom is 0.310 e. The first-order valence-electron chi connectivity index (χ1n) is 12.9. The van der Waals surface area contributed by atoms with Crippen LogP contribution in [0.4, 0.5) is 0 Å². The van der Waals surface area contributed by atoms with Crippen molar-refractivity contribution in [3.8, 4) is 0 Å². The van der Waals surface area contributed by atoms with E-state index in [1.54, 1.807) is 12.4 Å². The van der Waals surface area contributed by atoms with Crippen molar-refractivity contribution in [2.24, 2.45) is 0 Å². The first-order chi connectivity index (χ1) is 16.5. The third-order valence-electron chi connectivity index (χ3n) is 5.81. The lowest BCUT2D eigenvalue weighted by Gasteiger charge is -2.22. The fraction of sp³-hybridized carbons (Fsp3) is 0.600. The van der Waals surface area contributed by atoms with Gasteiger partial charge >= 0.3 is 11.9 Å². The number of nitrogens with zero attached hydrogens (tertiary/aromatic N) is 2. The van der Waals surface area contributed by atoms with Gasteiger partial charge in [-0.1, -0.05) is 55.4 Å². The van der Waals surface area contributed by atoms with E-state index in [-0.39, 0.29) is 12.4 Å². The van der Waals surface area contributed by atoms with E-state index in [0.29, 0.717) is 30.1 Å². The smallest absolute Gasteiger partial charge is 0.310 e. The number of carboxylic acid groups (broad SMARTS) is 1. The Bertz CT molecular complexity index is 966. The Kier molecular flexibility index (Phi) is 11.7. The summed E-state index contributed by atoms with van der Waals surface area (Å²) in [5.41, 5.74) is 5.96. The molecule has 0 bridgehead atoms. The Morgan fingerprint density at radius 2 is 1.00 bits per heavy atom. The lowest BCUT2D eigenvalue weighted by Crippen LogP contribution is -2.25. The summed E-state index contributed by atoms with van der Waals surface area (Å²) < 4.78 is 5.45. The molecule has 2 heterocycles. The standard InChI is InChI=1S/C17H27NO2.C13H19NO2/c1-11(2)14-9-18-10-15(12(3)4)13(14)8-16(19)20-17(5,6)7;1-8(2)11-6-14-7-12(9(3)4)10(11)5-13(15)16/h9-12H,8H2,1-7H3;6-9H,5H2,1-4H3,(H,15,16). The summed E-state index contributed by atoms with van der Waals surface area (Å²) in [6.07, 6.45) is 7.72. The molecule has 0 unspecified atom stereocenters. The van der Waals surface area contributed by atoms with Crippen LogP contribution in [0.15, 0.2) is 24.8 Å². The summed E-state index contributed by atoms with van der Waals surface area (Å²) in [5.74, 6) is 0.348. The first kappa shape index (κ1) is 31.3. The van der Waals surface area contributed by atoms with Crippen LogP contribution in [0, 0.1) is 0 Å². The van der Waals surface area contributed by atoms with Gasteiger partial charge in [-0.05, 0) is 77.8 Å². The molecule has 36 heavy (non-hydrogen) atoms. The number of aliphatic carboxylic acids is 1. The molecule has 0 radical (unpaired) electrons. The number of pyridine rings is 2. The summed E-state index contributed by atoms with van der Waals surface area (Å²) in [6, 6.07) is 0. The normalized spacial score (nSPS) is 11.6. The number of hydrogen-bond donors (Lipinski definition) is 1. The summed E-state index contributed by atoms with van der Waals surface area (Å²) >= 11 is 0. The van der Waals surface area contributed by atoms with Crippen LogP contribution in [0.3, 0.4) is 0 Å². The largest absolute Gasteiger partial charge is 0.481 e. The van der Waals surface area contributed by atoms with E-state index in [1.165, 1.54) is 0 Å². The lowest BCUT2D eigenvalue weighted by atomic mass is 9.89. The van der Waals surface area contributed by atoms with E-state index in [4.69, 9.17) is 9.84 Å². The average molecular weight is 499 g/mol. The molecule has 0 aromatic carbocycles. The third-order valence-corrected chi connectivity index (χ3v) is 5.81. The number of carboxylic acids is 1. The van der Waals surface area contributed by atoms with Gasteiger partial charge in [0.15, 0.2) is 0 Å². The Balaban J connectivity index is 0.000000369. The molecule has 6 nitrogen and oxygen atoms in total. The van der Waals surface area contributed by atoms with Crippen molar-refractivity contribution in [1.82, 2.24) is 9.97 Å². The molecule has 1 N–H and O–H groups in total. The van der Waals surface area contributed by atoms with Crippen molar-refractivity contribution in [1.29, 1.82) is 0 Å². The van der Waals surface area contributed by atoms with Gasteiger partial charge in [-0.15, -0.1) is 0 Å². The topological polar surface area (TPSA) is 89.4 Å². The monoisotopic (exact) mass is 498 g/mol. The zero-order valence-corrected chi connectivity index (χ0v) is 24.1. The molecule has 200 valence electrons. The Labute approximate surface area is 217 Å². The molecule has 0 atom stereocenters. The maximum absolute atomic E-state index is 12.1. The highest BCUT2D eigenvalue weighted by Gasteiger charge is 2.21. The highest BCUT2D eigenvalue weighted by molar-refractivity contribution is 5.74. The fourth-order valence-corrected chi connectivity index (χ4v) is 4.11. The second-order valence-corrected chi connectivity index (χ2v) is 11.5. The molecule has 2 rings (SSSR count). The number of ether oxygens (including phenoxy) is 1. The van der Waals surface area contributed by atoms with E-state index in [1.807, 2.05) is 33.2 Å². The van der Waals surface area contributed by atoms with Gasteiger partial charge in [0, 0.05) is 24.8 Å². The highest BCUT2D eigenvalue weighted by atomic mass is 16.6. The third kappa shape index (κ3) is 9.71. The Morgan fingerprint density at radius 1 is 0.694 bits per heavy atom. The van der Waals surface area contributed by atoms with E-state index >= 15 is 0 Å². The molecule has 0 spiro atoms. The number of carbonyl (C=O) groups excluding carboxylic acids is 1. The van der Waals surface area contributed by atoms with Crippen molar-refractivity contribution >= 4 is 11.9 Å². The summed E-state index contributed by atoms with van der Waals surface area (Å²) in [4.78, 5) is 31.6. The fourth-order valence-electron chi connectivity index (χ4n) is 4.11. The minimum Gasteiger partial charge on any atom is -0.481 e. The number of rotatable bonds is 8. The number of carbonyl (C=O) groups is 2. The van der Waals surface area contributed by atoms with Crippen LogP contribution in [0.5, 0.6) is 0 Å². The van der Waals surface area contributed by atoms with Crippen molar-refractivity contribution in [2.75, 3.05) is 0 Å². The van der Waals surface area contributed by atoms with E-state index < -0.39 is 11.6 Å². The molecule has 0 aliphatic heterocycles. The van der Waals surface area contributed by atoms with Gasteiger partial charge in [0.2, 0.25) is 0 Å². The Morgan fingerprint density at radius 3 is 1.25 bits per heavy atom. The van der Waals surface area contributed by atoms with Gasteiger partial charge < -0.3 is 9.84 Å². The number of hydrogen-bond acceptors (Lipinski definition) is 5. The number of aromatic nitrogens is 2. The molecule has 0 aliphatic rings. The van der Waals surface area contributed by atoms with Gasteiger partial charge in [0.1, 0.15) is 5.60 Å². The SMILES string of the molecule is CC(C)c1cncc(C(C)C)c1CC(=O)O.CC(C)c1cncc(C(C)C)c1CC(=O)OC(C)(C)C. The van der Waals surface area contributed by atoms with E-state index in [9.17, 15) is 9.59 Å². The molecule has 0 saturated carbocycles. The van der Waals surface area contributed by atoms with Gasteiger partial charge in [-0.25, -0.2) is 0 Å². The second kappa shape index (κ2) is 13.5. The molecule has 0 saturated heterocycles. The summed E-state index contributed by atoms with van der Waals surface area (Å²) in [5, 5.41) is 8.96. The average Bonchev–Trinajstić information content (AvgIpc) is 2.72. The van der Waals surface area contributed by atoms with Crippen LogP contribution < -0.4 is 0 Å². The van der Waals surface area contributed by atoms with Crippen molar-refractivity contribution in [3.63, 3.8) is 0 Å². The zero-order valence-electron chi connectivity index (χ0n) is 24.1. The zero-order chi connectivity index (χ0) is 27.8. The van der Waals surface area contributed by atoms with Crippen LogP contribution >= 0.6 is 0 Å². The molecule has 0 amide bonds. The Hall–Kier alpha value is -2.76. The predicted molar refractivity (Wildman–Crippen MR) is 146 cm³/mol. The van der Waals surface area contributed by atoms with Gasteiger partial charge in [-0.3, -0.25) is 19.6 Å². The van der Waals surface area contributed by atoms with Gasteiger partial charge in [-0.2, -0.15) is 0 Å². The first-order valence-corrected chi connectivity index (χ1v) is 12.9. The lowest BCUT2D eigenvalue weighted by molar-refractivity contribution is -0.154. The van der Waals surface area contributed by atoms with Crippen molar-refractivity contribution in [3.05, 3.63) is 58.2 Å². The van der Waals surface area contributed by atoms with Crippen LogP contribution in [0.25, 0.3) is 0 Å². The molecular weight excluding hydrogens is 452 g/mol. The van der Waals surface area contributed by atoms with Gasteiger partial charge in [0.05, 0.1) is 12.8 Å². The molecule has 0 aliphatic carbocycles. The molecule has 0 fully saturated rings. The van der Waals surface area contributed by atoms with Crippen molar-refractivity contribution < 1.29 is 19.4 Å². The second-order valence-electron chi connectivity index (χ2n) is 11.5. The van der Waals surface area contributed by atoms with Crippen molar-refractivity contribution in [2.45, 2.75) is 118 Å². The quantitative estimate of drug-likeness (QED) is 0.388. The molecule has 6 heteroatoms.